The van der Waals surface area contributed by atoms with E-state index >= 15 is 0 Å². The zero-order chi connectivity index (χ0) is 12.4. The molecule has 1 aromatic heterocycles. The molecule has 1 N–H and O–H groups in total. The van der Waals surface area contributed by atoms with Crippen molar-refractivity contribution >= 4 is 5.97 Å². The molecule has 0 saturated heterocycles. The van der Waals surface area contributed by atoms with Crippen molar-refractivity contribution in [3.8, 4) is 11.3 Å². The Morgan fingerprint density at radius 3 is 2.65 bits per heavy atom. The number of hydrogen-bond acceptors (Lipinski definition) is 2. The van der Waals surface area contributed by atoms with Crippen LogP contribution in [0.3, 0.4) is 0 Å². The lowest BCUT2D eigenvalue weighted by Crippen LogP contribution is -2.01. The van der Waals surface area contributed by atoms with Crippen LogP contribution in [-0.4, -0.2) is 16.1 Å². The fraction of sp³-hybridized carbons (Fsp3) is 0.0769. The molecule has 0 amide bonds. The first-order chi connectivity index (χ1) is 8.08. The fourth-order valence-corrected chi connectivity index (χ4v) is 1.59. The SMILES string of the molecule is Cc1ccc(-c2ccc(F)cn2)c(C(=O)O)c1. The van der Waals surface area contributed by atoms with Gasteiger partial charge in [0.1, 0.15) is 5.82 Å². The third kappa shape index (κ3) is 2.30. The maximum absolute atomic E-state index is 12.7. The molecule has 0 atom stereocenters. The molecule has 2 rings (SSSR count). The third-order valence-corrected chi connectivity index (χ3v) is 2.41. The number of carboxylic acids is 1. The van der Waals surface area contributed by atoms with E-state index < -0.39 is 11.8 Å². The number of carbonyl (C=O) groups is 1. The van der Waals surface area contributed by atoms with Crippen molar-refractivity contribution in [3.05, 3.63) is 53.5 Å². The van der Waals surface area contributed by atoms with Crippen LogP contribution in [0.25, 0.3) is 11.3 Å². The van der Waals surface area contributed by atoms with E-state index in [0.717, 1.165) is 11.8 Å². The highest BCUT2D eigenvalue weighted by Crippen LogP contribution is 2.23. The summed E-state index contributed by atoms with van der Waals surface area (Å²) < 4.78 is 12.7. The van der Waals surface area contributed by atoms with Gasteiger partial charge >= 0.3 is 5.97 Å². The highest BCUT2D eigenvalue weighted by Gasteiger charge is 2.12. The van der Waals surface area contributed by atoms with Gasteiger partial charge in [0.05, 0.1) is 17.5 Å². The number of aromatic nitrogens is 1. The van der Waals surface area contributed by atoms with Crippen LogP contribution in [0.4, 0.5) is 4.39 Å². The van der Waals surface area contributed by atoms with Gasteiger partial charge in [-0.05, 0) is 25.1 Å². The van der Waals surface area contributed by atoms with Crippen LogP contribution in [0.2, 0.25) is 0 Å². The van der Waals surface area contributed by atoms with Gasteiger partial charge in [-0.25, -0.2) is 9.18 Å². The minimum Gasteiger partial charge on any atom is -0.478 e. The predicted octanol–water partition coefficient (Wildman–Crippen LogP) is 2.89. The number of aromatic carboxylic acids is 1. The number of aryl methyl sites for hydroxylation is 1. The maximum Gasteiger partial charge on any atom is 0.336 e. The Bertz CT molecular complexity index is 564. The summed E-state index contributed by atoms with van der Waals surface area (Å²) in [6.45, 7) is 1.81. The van der Waals surface area contributed by atoms with E-state index in [-0.39, 0.29) is 5.56 Å². The number of nitrogens with zero attached hydrogens (tertiary/aromatic N) is 1. The largest absolute Gasteiger partial charge is 0.478 e. The molecule has 1 aromatic carbocycles. The topological polar surface area (TPSA) is 50.2 Å². The maximum atomic E-state index is 12.7. The molecule has 0 unspecified atom stereocenters. The average molecular weight is 231 g/mol. The highest BCUT2D eigenvalue weighted by atomic mass is 19.1. The summed E-state index contributed by atoms with van der Waals surface area (Å²) in [5.74, 6) is -1.47. The summed E-state index contributed by atoms with van der Waals surface area (Å²) in [4.78, 5) is 15.0. The van der Waals surface area contributed by atoms with Gasteiger partial charge in [-0.2, -0.15) is 0 Å². The van der Waals surface area contributed by atoms with Crippen LogP contribution in [0.15, 0.2) is 36.5 Å². The summed E-state index contributed by atoms with van der Waals surface area (Å²) in [7, 11) is 0. The normalized spacial score (nSPS) is 10.2. The second kappa shape index (κ2) is 4.33. The van der Waals surface area contributed by atoms with Crippen LogP contribution < -0.4 is 0 Å². The molecule has 0 aliphatic rings. The first-order valence-electron chi connectivity index (χ1n) is 5.04. The van der Waals surface area contributed by atoms with Crippen molar-refractivity contribution in [1.82, 2.24) is 4.98 Å². The molecule has 0 saturated carbocycles. The first kappa shape index (κ1) is 11.3. The molecule has 2 aromatic rings. The second-order valence-corrected chi connectivity index (χ2v) is 3.72. The molecular weight excluding hydrogens is 221 g/mol. The Kier molecular flexibility index (Phi) is 2.87. The summed E-state index contributed by atoms with van der Waals surface area (Å²) in [5.41, 5.74) is 1.96. The number of rotatable bonds is 2. The fourth-order valence-electron chi connectivity index (χ4n) is 1.59. The molecule has 0 aliphatic heterocycles. The van der Waals surface area contributed by atoms with Crippen molar-refractivity contribution in [1.29, 1.82) is 0 Å². The van der Waals surface area contributed by atoms with E-state index in [0.29, 0.717) is 11.3 Å². The van der Waals surface area contributed by atoms with Gasteiger partial charge in [0.15, 0.2) is 0 Å². The lowest BCUT2D eigenvalue weighted by atomic mass is 10.0. The van der Waals surface area contributed by atoms with E-state index in [1.54, 1.807) is 18.2 Å². The van der Waals surface area contributed by atoms with Gasteiger partial charge in [-0.15, -0.1) is 0 Å². The molecule has 0 fully saturated rings. The Hall–Kier alpha value is -2.23. The summed E-state index contributed by atoms with van der Waals surface area (Å²) in [6, 6.07) is 7.77. The molecule has 0 spiro atoms. The lowest BCUT2D eigenvalue weighted by Gasteiger charge is -2.06. The zero-order valence-corrected chi connectivity index (χ0v) is 9.14. The molecule has 4 heteroatoms. The quantitative estimate of drug-likeness (QED) is 0.864. The Balaban J connectivity index is 2.58. The second-order valence-electron chi connectivity index (χ2n) is 3.72. The first-order valence-corrected chi connectivity index (χ1v) is 5.04. The van der Waals surface area contributed by atoms with Crippen molar-refractivity contribution in [2.75, 3.05) is 0 Å². The number of hydrogen-bond donors (Lipinski definition) is 1. The number of carboxylic acid groups (broad SMARTS) is 1. The minimum atomic E-state index is -1.02. The summed E-state index contributed by atoms with van der Waals surface area (Å²) in [5, 5.41) is 9.10. The van der Waals surface area contributed by atoms with E-state index in [9.17, 15) is 9.18 Å². The van der Waals surface area contributed by atoms with Gasteiger partial charge < -0.3 is 5.11 Å². The Morgan fingerprint density at radius 1 is 1.29 bits per heavy atom. The van der Waals surface area contributed by atoms with Crippen LogP contribution >= 0.6 is 0 Å². The number of benzene rings is 1. The van der Waals surface area contributed by atoms with E-state index in [1.807, 2.05) is 6.92 Å². The molecule has 17 heavy (non-hydrogen) atoms. The van der Waals surface area contributed by atoms with Crippen LogP contribution in [-0.2, 0) is 0 Å². The molecule has 0 aliphatic carbocycles. The molecule has 86 valence electrons. The smallest absolute Gasteiger partial charge is 0.336 e. The minimum absolute atomic E-state index is 0.170. The van der Waals surface area contributed by atoms with Crippen molar-refractivity contribution < 1.29 is 14.3 Å². The lowest BCUT2D eigenvalue weighted by molar-refractivity contribution is 0.0697. The van der Waals surface area contributed by atoms with Gasteiger partial charge in [0.25, 0.3) is 0 Å². The highest BCUT2D eigenvalue weighted by molar-refractivity contribution is 5.95. The van der Waals surface area contributed by atoms with Crippen LogP contribution in [0.5, 0.6) is 0 Å². The van der Waals surface area contributed by atoms with Crippen molar-refractivity contribution in [2.45, 2.75) is 6.92 Å². The third-order valence-electron chi connectivity index (χ3n) is 2.41. The summed E-state index contributed by atoms with van der Waals surface area (Å²) in [6.07, 6.45) is 1.07. The molecule has 0 bridgehead atoms. The van der Waals surface area contributed by atoms with E-state index in [1.165, 1.54) is 12.1 Å². The molecule has 3 nitrogen and oxygen atoms in total. The standard InChI is InChI=1S/C13H10FNO2/c1-8-2-4-10(11(6-8)13(16)17)12-5-3-9(14)7-15-12/h2-7H,1H3,(H,16,17). The molecular formula is C13H10FNO2. The Labute approximate surface area is 97.6 Å². The molecule has 1 heterocycles. The Morgan fingerprint density at radius 2 is 2.06 bits per heavy atom. The van der Waals surface area contributed by atoms with Crippen molar-refractivity contribution in [3.63, 3.8) is 0 Å². The van der Waals surface area contributed by atoms with E-state index in [4.69, 9.17) is 5.11 Å². The average Bonchev–Trinajstić information content (AvgIpc) is 2.30. The number of pyridine rings is 1. The molecule has 0 radical (unpaired) electrons. The van der Waals surface area contributed by atoms with Gasteiger partial charge in [-0.3, -0.25) is 4.98 Å². The monoisotopic (exact) mass is 231 g/mol. The van der Waals surface area contributed by atoms with Gasteiger partial charge in [0.2, 0.25) is 0 Å². The van der Waals surface area contributed by atoms with Gasteiger partial charge in [-0.1, -0.05) is 17.7 Å². The van der Waals surface area contributed by atoms with E-state index in [2.05, 4.69) is 4.98 Å². The predicted molar refractivity (Wildman–Crippen MR) is 61.3 cm³/mol. The van der Waals surface area contributed by atoms with Crippen LogP contribution in [0.1, 0.15) is 15.9 Å². The number of halogens is 1. The van der Waals surface area contributed by atoms with Gasteiger partial charge in [0, 0.05) is 5.56 Å². The van der Waals surface area contributed by atoms with Crippen LogP contribution in [0, 0.1) is 12.7 Å². The van der Waals surface area contributed by atoms with Crippen molar-refractivity contribution in [2.24, 2.45) is 0 Å². The zero-order valence-electron chi connectivity index (χ0n) is 9.14. The summed E-state index contributed by atoms with van der Waals surface area (Å²) >= 11 is 0.